The molecule has 0 heterocycles. The number of unbranched alkanes of at least 4 members (excludes halogenated alkanes) is 1. The van der Waals surface area contributed by atoms with Gasteiger partial charge in [-0.25, -0.2) is 0 Å². The third kappa shape index (κ3) is 5.00. The zero-order valence-electron chi connectivity index (χ0n) is 12.9. The maximum absolute atomic E-state index is 11.5. The Morgan fingerprint density at radius 1 is 0.875 bits per heavy atom. The Kier molecular flexibility index (Phi) is 6.82. The lowest BCUT2D eigenvalue weighted by Gasteiger charge is -2.34. The van der Waals surface area contributed by atoms with Gasteiger partial charge in [0.25, 0.3) is 0 Å². The number of hydrogen-bond donors (Lipinski definition) is 0. The lowest BCUT2D eigenvalue weighted by atomic mass is 10.4. The molecule has 2 aromatic carbocycles. The molecule has 0 saturated carbocycles. The van der Waals surface area contributed by atoms with E-state index in [0.29, 0.717) is 32.0 Å². The van der Waals surface area contributed by atoms with E-state index < -0.39 is 20.6 Å². The highest BCUT2D eigenvalue weighted by Crippen LogP contribution is 2.65. The van der Waals surface area contributed by atoms with Crippen LogP contribution in [0.3, 0.4) is 0 Å². The first kappa shape index (κ1) is 19.8. The van der Waals surface area contributed by atoms with E-state index >= 15 is 0 Å². The zero-order valence-corrected chi connectivity index (χ0v) is 16.0. The molecule has 0 aromatic heterocycles. The second-order valence-electron chi connectivity index (χ2n) is 5.08. The summed E-state index contributed by atoms with van der Waals surface area (Å²) >= 11 is 11.9. The fourth-order valence-corrected chi connectivity index (χ4v) is 6.99. The third-order valence-electron chi connectivity index (χ3n) is 3.36. The number of benzene rings is 2. The summed E-state index contributed by atoms with van der Waals surface area (Å²) in [4.78, 5) is 1.24. The van der Waals surface area contributed by atoms with E-state index in [4.69, 9.17) is 26.9 Å². The standard InChI is InChI=1S/C16H17Cl3O4S/c1-2-3-12-24(23-19(20,21)22,15-8-4-13(17)5-9-15)16-10-6-14(18)7-11-16/h4-11H,2-3,12H2,1H3. The quantitative estimate of drug-likeness (QED) is 0.702. The van der Waals surface area contributed by atoms with Gasteiger partial charge >= 0.3 is 0 Å². The van der Waals surface area contributed by atoms with Crippen molar-refractivity contribution in [1.29, 1.82) is 0 Å². The van der Waals surface area contributed by atoms with Gasteiger partial charge in [0.2, 0.25) is 0 Å². The van der Waals surface area contributed by atoms with Gasteiger partial charge in [-0.05, 0) is 55.0 Å². The lowest BCUT2D eigenvalue weighted by molar-refractivity contribution is -1.91. The molecule has 2 rings (SSSR count). The van der Waals surface area contributed by atoms with Gasteiger partial charge in [0.05, 0.1) is 20.6 Å². The van der Waals surface area contributed by atoms with Crippen LogP contribution in [-0.2, 0) is 3.74 Å². The average molecular weight is 412 g/mol. The summed E-state index contributed by atoms with van der Waals surface area (Å²) in [5.41, 5.74) is 0. The van der Waals surface area contributed by atoms with E-state index in [1.54, 1.807) is 48.5 Å². The normalized spacial score (nSPS) is 13.1. The molecule has 8 heteroatoms. The van der Waals surface area contributed by atoms with Crippen LogP contribution >= 0.6 is 33.5 Å². The molecule has 0 radical (unpaired) electrons. The van der Waals surface area contributed by atoms with E-state index in [9.17, 15) is 14.0 Å². The van der Waals surface area contributed by atoms with Crippen LogP contribution in [0.5, 0.6) is 0 Å². The monoisotopic (exact) mass is 410 g/mol. The van der Waals surface area contributed by atoms with E-state index in [1.807, 2.05) is 6.92 Å². The van der Waals surface area contributed by atoms with Crippen molar-refractivity contribution < 1.29 is 28.0 Å². The molecular formula is C16H17Cl3O4S. The zero-order chi connectivity index (χ0) is 17.8. The third-order valence-corrected chi connectivity index (χ3v) is 8.27. The Balaban J connectivity index is 2.62. The van der Waals surface area contributed by atoms with Crippen LogP contribution in [0.15, 0.2) is 58.3 Å². The van der Waals surface area contributed by atoms with E-state index in [1.165, 1.54) is 0 Å². The van der Waals surface area contributed by atoms with Crippen molar-refractivity contribution >= 4 is 33.5 Å². The molecule has 0 saturated heterocycles. The molecule has 0 spiro atoms. The van der Waals surface area contributed by atoms with Crippen molar-refractivity contribution in [2.24, 2.45) is 0 Å². The average Bonchev–Trinajstić information content (AvgIpc) is 2.52. The van der Waals surface area contributed by atoms with Crippen molar-refractivity contribution in [1.82, 2.24) is 0 Å². The number of hydrogen-bond acceptors (Lipinski definition) is 4. The first-order valence-corrected chi connectivity index (χ1v) is 10.9. The van der Waals surface area contributed by atoms with Crippen LogP contribution in [0.1, 0.15) is 19.8 Å². The maximum atomic E-state index is 11.5. The molecule has 0 atom stereocenters. The summed E-state index contributed by atoms with van der Waals surface area (Å²) in [6.45, 7) is 1.98. The van der Waals surface area contributed by atoms with Gasteiger partial charge in [0, 0.05) is 25.6 Å². The SMILES string of the molecule is CCCCS(O[Cl+3]([O-])([O-])[O-])(c1ccc(Cl)cc1)c1ccc(Cl)cc1. The minimum Gasteiger partial charge on any atom is -0.182 e. The summed E-state index contributed by atoms with van der Waals surface area (Å²) in [6.07, 6.45) is 1.53. The summed E-state index contributed by atoms with van der Waals surface area (Å²) in [5, 5.41) is 1.03. The fourth-order valence-electron chi connectivity index (χ4n) is 2.26. The van der Waals surface area contributed by atoms with Crippen molar-refractivity contribution in [3.8, 4) is 0 Å². The molecule has 0 aliphatic heterocycles. The Morgan fingerprint density at radius 3 is 1.62 bits per heavy atom. The molecular weight excluding hydrogens is 395 g/mol. The largest absolute Gasteiger partial charge is 0.182 e. The molecule has 0 aliphatic rings. The summed E-state index contributed by atoms with van der Waals surface area (Å²) < 4.78 is 39.5. The van der Waals surface area contributed by atoms with E-state index in [-0.39, 0.29) is 0 Å². The Labute approximate surface area is 155 Å². The van der Waals surface area contributed by atoms with Gasteiger partial charge in [-0.15, -0.1) is 0 Å². The molecule has 0 amide bonds. The first-order chi connectivity index (χ1) is 11.3. The maximum Gasteiger partial charge on any atom is 0.130 e. The first-order valence-electron chi connectivity index (χ1n) is 7.21. The van der Waals surface area contributed by atoms with Gasteiger partial charge in [0.15, 0.2) is 0 Å². The summed E-state index contributed by atoms with van der Waals surface area (Å²) in [6, 6.07) is 13.4. The predicted octanol–water partition coefficient (Wildman–Crippen LogP) is 2.85. The minimum absolute atomic E-state index is 0.404. The van der Waals surface area contributed by atoms with Crippen LogP contribution in [0.2, 0.25) is 10.0 Å². The van der Waals surface area contributed by atoms with Crippen molar-refractivity contribution in [2.45, 2.75) is 29.6 Å². The number of halogens is 3. The van der Waals surface area contributed by atoms with Gasteiger partial charge in [0.1, 0.15) is 3.74 Å². The second kappa shape index (κ2) is 8.25. The van der Waals surface area contributed by atoms with Crippen LogP contribution in [0, 0.1) is 10.2 Å². The van der Waals surface area contributed by atoms with E-state index in [0.717, 1.165) is 6.42 Å². The highest BCUT2D eigenvalue weighted by molar-refractivity contribution is 8.29. The van der Waals surface area contributed by atoms with Crippen molar-refractivity contribution in [3.63, 3.8) is 0 Å². The molecule has 0 aliphatic carbocycles. The Morgan fingerprint density at radius 2 is 1.29 bits per heavy atom. The van der Waals surface area contributed by atoms with Gasteiger partial charge in [-0.1, -0.05) is 36.5 Å². The highest BCUT2D eigenvalue weighted by atomic mass is 35.7. The topological polar surface area (TPSA) is 78.4 Å². The molecule has 24 heavy (non-hydrogen) atoms. The summed E-state index contributed by atoms with van der Waals surface area (Å²) in [7, 11) is -7.14. The Hall–Kier alpha value is -0.500. The molecule has 132 valence electrons. The van der Waals surface area contributed by atoms with Gasteiger partial charge < -0.3 is 0 Å². The molecule has 0 N–H and O–H groups in total. The highest BCUT2D eigenvalue weighted by Gasteiger charge is 2.44. The molecule has 0 fully saturated rings. The molecule has 2 aromatic rings. The second-order valence-corrected chi connectivity index (χ2v) is 9.92. The van der Waals surface area contributed by atoms with Crippen molar-refractivity contribution in [3.05, 3.63) is 58.6 Å². The van der Waals surface area contributed by atoms with Crippen LogP contribution in [0.25, 0.3) is 0 Å². The summed E-state index contributed by atoms with van der Waals surface area (Å²) in [5.74, 6) is 0.404. The smallest absolute Gasteiger partial charge is 0.130 e. The predicted molar refractivity (Wildman–Crippen MR) is 87.9 cm³/mol. The van der Waals surface area contributed by atoms with Gasteiger partial charge in [-0.2, -0.15) is 14.0 Å². The fraction of sp³-hybridized carbons (Fsp3) is 0.250. The van der Waals surface area contributed by atoms with Crippen LogP contribution in [0.4, 0.5) is 0 Å². The molecule has 0 bridgehead atoms. The Bertz CT molecular complexity index is 611. The van der Waals surface area contributed by atoms with E-state index in [2.05, 4.69) is 0 Å². The van der Waals surface area contributed by atoms with Gasteiger partial charge in [-0.3, -0.25) is 0 Å². The minimum atomic E-state index is -4.60. The van der Waals surface area contributed by atoms with Crippen LogP contribution < -0.4 is 14.0 Å². The molecule has 4 nitrogen and oxygen atoms in total. The lowest BCUT2D eigenvalue weighted by Crippen LogP contribution is -2.61. The molecule has 0 unspecified atom stereocenters. The van der Waals surface area contributed by atoms with Crippen molar-refractivity contribution in [2.75, 3.05) is 5.75 Å². The van der Waals surface area contributed by atoms with Crippen LogP contribution in [-0.4, -0.2) is 5.75 Å². The number of rotatable bonds is 7.